The van der Waals surface area contributed by atoms with Gasteiger partial charge in [-0.05, 0) is 51.4 Å². The quantitative estimate of drug-likeness (QED) is 0.0830. The first-order valence-corrected chi connectivity index (χ1v) is 17.5. The fourth-order valence-corrected chi connectivity index (χ4v) is 6.94. The summed E-state index contributed by atoms with van der Waals surface area (Å²) in [7, 11) is 4.92. The van der Waals surface area contributed by atoms with E-state index in [-0.39, 0.29) is 0 Å². The summed E-state index contributed by atoms with van der Waals surface area (Å²) in [5.41, 5.74) is 1.50. The SMILES string of the molecule is CO[Si](CCCN(C)CCCCCCCCCCCCCCCCCCCc1ccccc1)(OC)OC. The third-order valence-electron chi connectivity index (χ3n) is 7.80. The van der Waals surface area contributed by atoms with Crippen LogP contribution in [0.15, 0.2) is 30.3 Å². The smallest absolute Gasteiger partial charge is 0.377 e. The first kappa shape index (κ1) is 34.3. The fraction of sp³-hybridized carbons (Fsp3) is 0.812. The standard InChI is InChI=1S/C32H61NO3Si/c1-33(30-25-31-37(34-2,35-3)36-4)29-24-19-17-15-13-11-9-7-5-6-8-10-12-14-16-18-21-26-32-27-22-20-23-28-32/h20,22-23,27-28H,5-19,21,24-26,29-31H2,1-4H3. The van der Waals surface area contributed by atoms with Gasteiger partial charge >= 0.3 is 8.80 Å². The Hall–Kier alpha value is -0.723. The van der Waals surface area contributed by atoms with Crippen molar-refractivity contribution < 1.29 is 13.3 Å². The number of aryl methyl sites for hydroxylation is 1. The maximum absolute atomic E-state index is 5.50. The lowest BCUT2D eigenvalue weighted by atomic mass is 10.0. The highest BCUT2D eigenvalue weighted by molar-refractivity contribution is 6.60. The van der Waals surface area contributed by atoms with Crippen LogP contribution in [0.25, 0.3) is 0 Å². The van der Waals surface area contributed by atoms with Gasteiger partial charge in [-0.1, -0.05) is 127 Å². The first-order valence-electron chi connectivity index (χ1n) is 15.5. The van der Waals surface area contributed by atoms with Crippen LogP contribution in [0.2, 0.25) is 6.04 Å². The summed E-state index contributed by atoms with van der Waals surface area (Å²) in [6.45, 7) is 2.27. The first-order chi connectivity index (χ1) is 18.2. The molecule has 0 saturated carbocycles. The maximum atomic E-state index is 5.50. The second kappa shape index (κ2) is 24.3. The van der Waals surface area contributed by atoms with E-state index < -0.39 is 8.80 Å². The van der Waals surface area contributed by atoms with E-state index in [0.717, 1.165) is 19.0 Å². The van der Waals surface area contributed by atoms with Gasteiger partial charge in [0.1, 0.15) is 0 Å². The molecule has 0 aliphatic rings. The second-order valence-electron chi connectivity index (χ2n) is 10.9. The molecule has 1 aromatic rings. The average molecular weight is 536 g/mol. The Morgan fingerprint density at radius 1 is 0.514 bits per heavy atom. The molecule has 216 valence electrons. The molecule has 0 bridgehead atoms. The van der Waals surface area contributed by atoms with Crippen LogP contribution in [0.4, 0.5) is 0 Å². The molecule has 0 spiro atoms. The average Bonchev–Trinajstić information content (AvgIpc) is 2.93. The number of nitrogens with zero attached hydrogens (tertiary/aromatic N) is 1. The molecule has 37 heavy (non-hydrogen) atoms. The van der Waals surface area contributed by atoms with Gasteiger partial charge in [-0.3, -0.25) is 0 Å². The molecule has 0 amide bonds. The summed E-state index contributed by atoms with van der Waals surface area (Å²) in [5.74, 6) is 0. The Bertz CT molecular complexity index is 589. The van der Waals surface area contributed by atoms with Gasteiger partial charge in [0.15, 0.2) is 0 Å². The molecule has 0 fully saturated rings. The minimum atomic E-state index is -2.40. The molecule has 0 aromatic heterocycles. The summed E-state index contributed by atoms with van der Waals surface area (Å²) < 4.78 is 16.5. The third-order valence-corrected chi connectivity index (χ3v) is 10.6. The Morgan fingerprint density at radius 3 is 1.32 bits per heavy atom. The van der Waals surface area contributed by atoms with Gasteiger partial charge in [0.2, 0.25) is 0 Å². The monoisotopic (exact) mass is 535 g/mol. The molecule has 0 saturated heterocycles. The Balaban J connectivity index is 1.75. The van der Waals surface area contributed by atoms with Crippen LogP contribution in [-0.4, -0.2) is 55.2 Å². The minimum absolute atomic E-state index is 0.886. The van der Waals surface area contributed by atoms with Gasteiger partial charge in [-0.25, -0.2) is 0 Å². The molecule has 0 aliphatic carbocycles. The van der Waals surface area contributed by atoms with E-state index in [9.17, 15) is 0 Å². The zero-order chi connectivity index (χ0) is 26.9. The van der Waals surface area contributed by atoms with Crippen molar-refractivity contribution in [2.24, 2.45) is 0 Å². The van der Waals surface area contributed by atoms with Crippen molar-refractivity contribution in [3.8, 4) is 0 Å². The summed E-state index contributed by atoms with van der Waals surface area (Å²) in [6.07, 6.45) is 26.4. The molecule has 0 radical (unpaired) electrons. The van der Waals surface area contributed by atoms with Crippen LogP contribution in [0.3, 0.4) is 0 Å². The molecule has 0 unspecified atom stereocenters. The molecule has 1 aromatic carbocycles. The van der Waals surface area contributed by atoms with Crippen LogP contribution < -0.4 is 0 Å². The van der Waals surface area contributed by atoms with E-state index in [1.54, 1.807) is 21.3 Å². The third kappa shape index (κ3) is 19.1. The second-order valence-corrected chi connectivity index (χ2v) is 14.0. The van der Waals surface area contributed by atoms with Crippen LogP contribution in [0.5, 0.6) is 0 Å². The number of unbranched alkanes of at least 4 members (excludes halogenated alkanes) is 16. The summed E-state index contributed by atoms with van der Waals surface area (Å²) >= 11 is 0. The molecule has 0 atom stereocenters. The Kier molecular flexibility index (Phi) is 22.6. The van der Waals surface area contributed by atoms with Gasteiger partial charge in [0.05, 0.1) is 0 Å². The van der Waals surface area contributed by atoms with Crippen molar-refractivity contribution in [2.45, 2.75) is 128 Å². The van der Waals surface area contributed by atoms with E-state index in [2.05, 4.69) is 42.3 Å². The van der Waals surface area contributed by atoms with Crippen molar-refractivity contribution in [2.75, 3.05) is 41.5 Å². The predicted octanol–water partition coefficient (Wildman–Crippen LogP) is 9.06. The highest BCUT2D eigenvalue weighted by atomic mass is 28.4. The molecule has 5 heteroatoms. The molecule has 0 N–H and O–H groups in total. The van der Waals surface area contributed by atoms with Crippen molar-refractivity contribution in [3.63, 3.8) is 0 Å². The van der Waals surface area contributed by atoms with Gasteiger partial charge < -0.3 is 18.2 Å². The predicted molar refractivity (Wildman–Crippen MR) is 162 cm³/mol. The number of hydrogen-bond donors (Lipinski definition) is 0. The van der Waals surface area contributed by atoms with E-state index >= 15 is 0 Å². The molecular formula is C32H61NO3Si. The van der Waals surface area contributed by atoms with Gasteiger partial charge in [-0.2, -0.15) is 0 Å². The van der Waals surface area contributed by atoms with E-state index in [1.165, 1.54) is 128 Å². The lowest BCUT2D eigenvalue weighted by molar-refractivity contribution is 0.122. The Morgan fingerprint density at radius 2 is 0.892 bits per heavy atom. The number of rotatable bonds is 27. The highest BCUT2D eigenvalue weighted by Gasteiger charge is 2.36. The van der Waals surface area contributed by atoms with Crippen LogP contribution >= 0.6 is 0 Å². The molecular weight excluding hydrogens is 474 g/mol. The van der Waals surface area contributed by atoms with Gasteiger partial charge in [0, 0.05) is 27.4 Å². The van der Waals surface area contributed by atoms with E-state index in [1.807, 2.05) is 0 Å². The van der Waals surface area contributed by atoms with Crippen molar-refractivity contribution in [3.05, 3.63) is 35.9 Å². The largest absolute Gasteiger partial charge is 0.500 e. The van der Waals surface area contributed by atoms with Gasteiger partial charge in [-0.15, -0.1) is 0 Å². The van der Waals surface area contributed by atoms with Crippen molar-refractivity contribution in [1.29, 1.82) is 0 Å². The fourth-order valence-electron chi connectivity index (χ4n) is 5.24. The summed E-state index contributed by atoms with van der Waals surface area (Å²) in [6, 6.07) is 11.8. The van der Waals surface area contributed by atoms with Crippen molar-refractivity contribution >= 4 is 8.80 Å². The zero-order valence-corrected chi connectivity index (χ0v) is 26.1. The van der Waals surface area contributed by atoms with Crippen LogP contribution in [-0.2, 0) is 19.7 Å². The summed E-state index contributed by atoms with van der Waals surface area (Å²) in [5, 5.41) is 0. The maximum Gasteiger partial charge on any atom is 0.500 e. The molecule has 0 aliphatic heterocycles. The lowest BCUT2D eigenvalue weighted by Gasteiger charge is -2.25. The molecule has 4 nitrogen and oxygen atoms in total. The molecule has 0 heterocycles. The lowest BCUT2D eigenvalue weighted by Crippen LogP contribution is -2.43. The van der Waals surface area contributed by atoms with E-state index in [4.69, 9.17) is 13.3 Å². The minimum Gasteiger partial charge on any atom is -0.377 e. The van der Waals surface area contributed by atoms with Gasteiger partial charge in [0.25, 0.3) is 0 Å². The highest BCUT2D eigenvalue weighted by Crippen LogP contribution is 2.16. The number of benzene rings is 1. The van der Waals surface area contributed by atoms with Crippen LogP contribution in [0.1, 0.15) is 121 Å². The van der Waals surface area contributed by atoms with Crippen LogP contribution in [0, 0.1) is 0 Å². The van der Waals surface area contributed by atoms with Crippen molar-refractivity contribution in [1.82, 2.24) is 4.90 Å². The van der Waals surface area contributed by atoms with E-state index in [0.29, 0.717) is 0 Å². The Labute approximate surface area is 232 Å². The molecule has 1 rings (SSSR count). The summed E-state index contributed by atoms with van der Waals surface area (Å²) in [4.78, 5) is 2.44. The topological polar surface area (TPSA) is 30.9 Å². The zero-order valence-electron chi connectivity index (χ0n) is 25.1. The number of hydrogen-bond acceptors (Lipinski definition) is 4. The normalized spacial score (nSPS) is 12.0.